The van der Waals surface area contributed by atoms with Crippen LogP contribution >= 0.6 is 0 Å². The first kappa shape index (κ1) is 12.6. The van der Waals surface area contributed by atoms with E-state index in [1.165, 1.54) is 0 Å². The second-order valence-electron chi connectivity index (χ2n) is 2.96. The van der Waals surface area contributed by atoms with Gasteiger partial charge in [0.1, 0.15) is 6.04 Å². The highest BCUT2D eigenvalue weighted by molar-refractivity contribution is 5.77. The summed E-state index contributed by atoms with van der Waals surface area (Å²) >= 11 is 0. The van der Waals surface area contributed by atoms with Crippen molar-refractivity contribution in [1.82, 2.24) is 0 Å². The summed E-state index contributed by atoms with van der Waals surface area (Å²) in [6.07, 6.45) is 4.71. The molecule has 0 aliphatic heterocycles. The third-order valence-electron chi connectivity index (χ3n) is 1.53. The van der Waals surface area contributed by atoms with Crippen molar-refractivity contribution in [2.75, 3.05) is 6.54 Å². The monoisotopic (exact) mass is 199 g/mol. The number of carboxylic acid groups (broad SMARTS) is 1. The zero-order valence-electron chi connectivity index (χ0n) is 8.31. The number of hydrogen-bond donors (Lipinski definition) is 3. The van der Waals surface area contributed by atoms with Crippen molar-refractivity contribution >= 4 is 11.8 Å². The maximum absolute atomic E-state index is 10.3. The Bertz CT molecular complexity index is 232. The summed E-state index contributed by atoms with van der Waals surface area (Å²) < 4.78 is 0. The van der Waals surface area contributed by atoms with E-state index in [2.05, 4.69) is 4.99 Å². The van der Waals surface area contributed by atoms with E-state index < -0.39 is 12.0 Å². The van der Waals surface area contributed by atoms with Gasteiger partial charge in [0.15, 0.2) is 0 Å². The third kappa shape index (κ3) is 7.30. The lowest BCUT2D eigenvalue weighted by Crippen LogP contribution is -2.29. The Morgan fingerprint density at radius 1 is 1.57 bits per heavy atom. The summed E-state index contributed by atoms with van der Waals surface area (Å²) in [5.74, 6) is -0.425. The van der Waals surface area contributed by atoms with E-state index in [9.17, 15) is 4.79 Å². The number of aliphatic carboxylic acids is 1. The van der Waals surface area contributed by atoms with Crippen molar-refractivity contribution < 1.29 is 9.90 Å². The summed E-state index contributed by atoms with van der Waals surface area (Å²) in [4.78, 5) is 14.3. The van der Waals surface area contributed by atoms with Crippen molar-refractivity contribution in [3.05, 3.63) is 12.2 Å². The summed E-state index contributed by atoms with van der Waals surface area (Å²) in [6, 6.07) is -0.814. The Labute approximate surface area is 83.5 Å². The number of carboxylic acids is 1. The summed E-state index contributed by atoms with van der Waals surface area (Å²) in [6.45, 7) is 2.35. The van der Waals surface area contributed by atoms with Gasteiger partial charge in [0.2, 0.25) is 0 Å². The molecule has 0 spiro atoms. The fraction of sp³-hybridized carbons (Fsp3) is 0.556. The first-order valence-corrected chi connectivity index (χ1v) is 4.44. The lowest BCUT2D eigenvalue weighted by Gasteiger charge is -1.99. The van der Waals surface area contributed by atoms with Crippen LogP contribution in [0, 0.1) is 0 Å². The minimum absolute atomic E-state index is 0.348. The highest BCUT2D eigenvalue weighted by atomic mass is 16.4. The van der Waals surface area contributed by atoms with E-state index in [1.807, 2.05) is 6.08 Å². The Morgan fingerprint density at radius 3 is 2.71 bits per heavy atom. The van der Waals surface area contributed by atoms with Gasteiger partial charge in [0, 0.05) is 6.54 Å². The highest BCUT2D eigenvalue weighted by Gasteiger charge is 2.07. The van der Waals surface area contributed by atoms with Crippen LogP contribution in [0.4, 0.5) is 0 Å². The van der Waals surface area contributed by atoms with Gasteiger partial charge in [-0.1, -0.05) is 12.2 Å². The SMILES string of the molecule is CC(N)=NCC/C=C\C[C@@H](N)C(=O)O. The molecule has 0 heterocycles. The topological polar surface area (TPSA) is 102 Å². The minimum atomic E-state index is -0.981. The molecule has 0 radical (unpaired) electrons. The molecule has 0 amide bonds. The van der Waals surface area contributed by atoms with Gasteiger partial charge in [-0.3, -0.25) is 9.79 Å². The van der Waals surface area contributed by atoms with E-state index in [0.717, 1.165) is 6.42 Å². The van der Waals surface area contributed by atoms with Crippen molar-refractivity contribution in [1.29, 1.82) is 0 Å². The van der Waals surface area contributed by atoms with E-state index >= 15 is 0 Å². The molecule has 80 valence electrons. The predicted molar refractivity (Wildman–Crippen MR) is 56.1 cm³/mol. The molecule has 0 aromatic rings. The maximum Gasteiger partial charge on any atom is 0.320 e. The Kier molecular flexibility index (Phi) is 6.39. The zero-order valence-corrected chi connectivity index (χ0v) is 8.31. The summed E-state index contributed by atoms with van der Waals surface area (Å²) in [5, 5.41) is 8.46. The number of hydrogen-bond acceptors (Lipinski definition) is 3. The van der Waals surface area contributed by atoms with Crippen LogP contribution in [-0.2, 0) is 4.79 Å². The van der Waals surface area contributed by atoms with Crippen LogP contribution in [0.15, 0.2) is 17.1 Å². The first-order chi connectivity index (χ1) is 6.54. The van der Waals surface area contributed by atoms with Crippen LogP contribution in [0.5, 0.6) is 0 Å². The van der Waals surface area contributed by atoms with Crippen LogP contribution in [0.1, 0.15) is 19.8 Å². The lowest BCUT2D eigenvalue weighted by molar-refractivity contribution is -0.138. The second-order valence-corrected chi connectivity index (χ2v) is 2.96. The van der Waals surface area contributed by atoms with Crippen LogP contribution in [0.3, 0.4) is 0 Å². The largest absolute Gasteiger partial charge is 0.480 e. The average molecular weight is 199 g/mol. The van der Waals surface area contributed by atoms with Crippen LogP contribution in [0.25, 0.3) is 0 Å². The predicted octanol–water partition coefficient (Wildman–Crippen LogP) is 0.112. The van der Waals surface area contributed by atoms with Crippen molar-refractivity contribution in [3.8, 4) is 0 Å². The van der Waals surface area contributed by atoms with Crippen LogP contribution in [-0.4, -0.2) is 29.5 Å². The third-order valence-corrected chi connectivity index (χ3v) is 1.53. The Hall–Kier alpha value is -1.36. The Morgan fingerprint density at radius 2 is 2.21 bits per heavy atom. The maximum atomic E-state index is 10.3. The van der Waals surface area contributed by atoms with Gasteiger partial charge < -0.3 is 16.6 Å². The smallest absolute Gasteiger partial charge is 0.320 e. The number of amidine groups is 1. The molecule has 0 unspecified atom stereocenters. The molecule has 5 N–H and O–H groups in total. The van der Waals surface area contributed by atoms with Gasteiger partial charge in [0.05, 0.1) is 5.84 Å². The van der Waals surface area contributed by atoms with E-state index in [4.69, 9.17) is 16.6 Å². The average Bonchev–Trinajstić information content (AvgIpc) is 2.09. The van der Waals surface area contributed by atoms with E-state index in [0.29, 0.717) is 18.8 Å². The molecule has 0 aromatic heterocycles. The van der Waals surface area contributed by atoms with Crippen LogP contribution < -0.4 is 11.5 Å². The van der Waals surface area contributed by atoms with Crippen molar-refractivity contribution in [2.45, 2.75) is 25.8 Å². The van der Waals surface area contributed by atoms with Crippen molar-refractivity contribution in [3.63, 3.8) is 0 Å². The second kappa shape index (κ2) is 7.08. The number of rotatable bonds is 6. The molecule has 14 heavy (non-hydrogen) atoms. The highest BCUT2D eigenvalue weighted by Crippen LogP contribution is 1.92. The Balaban J connectivity index is 3.55. The van der Waals surface area contributed by atoms with E-state index in [-0.39, 0.29) is 0 Å². The summed E-state index contributed by atoms with van der Waals surface area (Å²) in [7, 11) is 0. The molecule has 0 saturated heterocycles. The zero-order chi connectivity index (χ0) is 11.0. The normalized spacial score (nSPS) is 14.6. The molecule has 5 heteroatoms. The molecular formula is C9H17N3O2. The van der Waals surface area contributed by atoms with Gasteiger partial charge in [0.25, 0.3) is 0 Å². The number of nitrogens with two attached hydrogens (primary N) is 2. The fourth-order valence-electron chi connectivity index (χ4n) is 0.777. The quantitative estimate of drug-likeness (QED) is 0.244. The molecule has 0 bridgehead atoms. The minimum Gasteiger partial charge on any atom is -0.480 e. The number of carbonyl (C=O) groups is 1. The lowest BCUT2D eigenvalue weighted by atomic mass is 10.2. The molecule has 1 atom stereocenters. The number of nitrogens with zero attached hydrogens (tertiary/aromatic N) is 1. The molecule has 5 nitrogen and oxygen atoms in total. The van der Waals surface area contributed by atoms with Gasteiger partial charge in [-0.05, 0) is 19.8 Å². The molecule has 0 aliphatic rings. The number of aliphatic imine (C=N–C) groups is 1. The van der Waals surface area contributed by atoms with Gasteiger partial charge in [-0.25, -0.2) is 0 Å². The standard InChI is InChI=1S/C9H17N3O2/c1-7(10)12-6-4-2-3-5-8(11)9(13)14/h2-3,8H,4-6,11H2,1H3,(H2,10,12)(H,13,14)/b3-2-/t8-/m1/s1. The van der Waals surface area contributed by atoms with Gasteiger partial charge in [-0.2, -0.15) is 0 Å². The molecule has 0 rings (SSSR count). The van der Waals surface area contributed by atoms with Gasteiger partial charge in [-0.15, -0.1) is 0 Å². The first-order valence-electron chi connectivity index (χ1n) is 4.44. The molecule has 0 saturated carbocycles. The molecular weight excluding hydrogens is 182 g/mol. The molecule has 0 aliphatic carbocycles. The fourth-order valence-corrected chi connectivity index (χ4v) is 0.777. The van der Waals surface area contributed by atoms with Gasteiger partial charge >= 0.3 is 5.97 Å². The molecule has 0 fully saturated rings. The summed E-state index contributed by atoms with van der Waals surface area (Å²) in [5.41, 5.74) is 10.6. The van der Waals surface area contributed by atoms with E-state index in [1.54, 1.807) is 13.0 Å². The van der Waals surface area contributed by atoms with Crippen molar-refractivity contribution in [2.24, 2.45) is 16.5 Å². The van der Waals surface area contributed by atoms with Crippen LogP contribution in [0.2, 0.25) is 0 Å². The molecule has 0 aromatic carbocycles.